The number of hydrogen-bond donors (Lipinski definition) is 1. The van der Waals surface area contributed by atoms with E-state index in [-0.39, 0.29) is 11.9 Å². The van der Waals surface area contributed by atoms with E-state index in [4.69, 9.17) is 24.7 Å². The molecule has 2 atom stereocenters. The first-order chi connectivity index (χ1) is 11.6. The summed E-state index contributed by atoms with van der Waals surface area (Å²) in [6, 6.07) is 10.7. The molecule has 0 saturated carbocycles. The summed E-state index contributed by atoms with van der Waals surface area (Å²) in [5.74, 6) is 1.41. The lowest BCUT2D eigenvalue weighted by Crippen LogP contribution is -2.13. The van der Waals surface area contributed by atoms with Crippen molar-refractivity contribution >= 4 is 11.5 Å². The molecule has 1 heterocycles. The summed E-state index contributed by atoms with van der Waals surface area (Å²) >= 11 is 0. The fraction of sp³-hybridized carbons (Fsp3) is 0.278. The normalized spacial score (nSPS) is 18.8. The van der Waals surface area contributed by atoms with Crippen molar-refractivity contribution in [1.82, 2.24) is 0 Å². The Morgan fingerprint density at radius 1 is 1.04 bits per heavy atom. The standard InChI is InChI=1S/C18H19NO5/c1-21-11-6-4-5-10(7-11)17-18(24-17)16(20)15-13(19)8-12(22-2)9-14(15)23-3/h4-9,17-18H,19H2,1-3H3/t17-,18-/m1/s1. The highest BCUT2D eigenvalue weighted by Gasteiger charge is 2.47. The monoisotopic (exact) mass is 329 g/mol. The third-order valence-electron chi connectivity index (χ3n) is 3.98. The maximum atomic E-state index is 12.8. The van der Waals surface area contributed by atoms with Gasteiger partial charge in [-0.25, -0.2) is 0 Å². The van der Waals surface area contributed by atoms with Crippen molar-refractivity contribution in [3.05, 3.63) is 47.5 Å². The van der Waals surface area contributed by atoms with Crippen LogP contribution in [0.3, 0.4) is 0 Å². The number of rotatable bonds is 6. The zero-order chi connectivity index (χ0) is 17.3. The molecule has 1 aliphatic rings. The number of benzene rings is 2. The Labute approximate surface area is 140 Å². The Bertz CT molecular complexity index is 774. The molecule has 2 aromatic carbocycles. The molecule has 1 fully saturated rings. The molecule has 0 aromatic heterocycles. The van der Waals surface area contributed by atoms with Crippen LogP contribution in [0.15, 0.2) is 36.4 Å². The van der Waals surface area contributed by atoms with E-state index in [9.17, 15) is 4.79 Å². The molecule has 0 amide bonds. The van der Waals surface area contributed by atoms with Crippen molar-refractivity contribution in [1.29, 1.82) is 0 Å². The van der Waals surface area contributed by atoms with E-state index >= 15 is 0 Å². The largest absolute Gasteiger partial charge is 0.497 e. The second-order valence-electron chi connectivity index (χ2n) is 5.41. The summed E-state index contributed by atoms with van der Waals surface area (Å²) in [6.07, 6.45) is -0.888. The molecule has 1 saturated heterocycles. The second-order valence-corrected chi connectivity index (χ2v) is 5.41. The van der Waals surface area contributed by atoms with Crippen LogP contribution in [0.25, 0.3) is 0 Å². The van der Waals surface area contributed by atoms with Gasteiger partial charge < -0.3 is 24.7 Å². The lowest BCUT2D eigenvalue weighted by molar-refractivity contribution is 0.0951. The number of epoxide rings is 1. The van der Waals surface area contributed by atoms with E-state index in [0.29, 0.717) is 22.7 Å². The Kier molecular flexibility index (Phi) is 4.31. The van der Waals surface area contributed by atoms with Crippen LogP contribution in [-0.4, -0.2) is 33.2 Å². The van der Waals surface area contributed by atoms with Crippen LogP contribution in [-0.2, 0) is 4.74 Å². The van der Waals surface area contributed by atoms with E-state index in [1.54, 1.807) is 19.2 Å². The minimum absolute atomic E-state index is 0.208. The summed E-state index contributed by atoms with van der Waals surface area (Å²) in [4.78, 5) is 12.8. The number of Topliss-reactive ketones (excluding diaryl/α,β-unsaturated/α-hetero) is 1. The van der Waals surface area contributed by atoms with Gasteiger partial charge in [-0.3, -0.25) is 4.79 Å². The number of carbonyl (C=O) groups is 1. The first-order valence-corrected chi connectivity index (χ1v) is 7.44. The molecular weight excluding hydrogens is 310 g/mol. The number of methoxy groups -OCH3 is 3. The summed E-state index contributed by atoms with van der Waals surface area (Å²) in [5, 5.41) is 0. The molecule has 3 rings (SSSR count). The van der Waals surface area contributed by atoms with Crippen molar-refractivity contribution in [2.24, 2.45) is 0 Å². The smallest absolute Gasteiger partial charge is 0.200 e. The number of ketones is 1. The number of hydrogen-bond acceptors (Lipinski definition) is 6. The highest BCUT2D eigenvalue weighted by Crippen LogP contribution is 2.44. The Morgan fingerprint density at radius 3 is 2.46 bits per heavy atom. The van der Waals surface area contributed by atoms with Gasteiger partial charge in [-0.15, -0.1) is 0 Å². The third kappa shape index (κ3) is 2.88. The highest BCUT2D eigenvalue weighted by molar-refractivity contribution is 6.08. The molecule has 126 valence electrons. The SMILES string of the molecule is COc1cccc([C@H]2O[C@@H]2C(=O)c2c(N)cc(OC)cc2OC)c1. The lowest BCUT2D eigenvalue weighted by Gasteiger charge is -2.11. The Morgan fingerprint density at radius 2 is 1.79 bits per heavy atom. The minimum Gasteiger partial charge on any atom is -0.497 e. The maximum Gasteiger partial charge on any atom is 0.200 e. The minimum atomic E-state index is -0.582. The molecule has 24 heavy (non-hydrogen) atoms. The van der Waals surface area contributed by atoms with Gasteiger partial charge in [-0.2, -0.15) is 0 Å². The zero-order valence-electron chi connectivity index (χ0n) is 13.7. The average molecular weight is 329 g/mol. The number of anilines is 1. The zero-order valence-corrected chi connectivity index (χ0v) is 13.7. The van der Waals surface area contributed by atoms with Gasteiger partial charge >= 0.3 is 0 Å². The predicted molar refractivity (Wildman–Crippen MR) is 88.9 cm³/mol. The van der Waals surface area contributed by atoms with Gasteiger partial charge in [-0.1, -0.05) is 12.1 Å². The topological polar surface area (TPSA) is 83.3 Å². The van der Waals surface area contributed by atoms with E-state index < -0.39 is 6.10 Å². The van der Waals surface area contributed by atoms with Crippen LogP contribution in [0.4, 0.5) is 5.69 Å². The van der Waals surface area contributed by atoms with Gasteiger partial charge in [0.2, 0.25) is 0 Å². The van der Waals surface area contributed by atoms with Crippen LogP contribution in [0.2, 0.25) is 0 Å². The van der Waals surface area contributed by atoms with Crippen molar-refractivity contribution in [3.8, 4) is 17.2 Å². The van der Waals surface area contributed by atoms with E-state index in [1.807, 2.05) is 24.3 Å². The van der Waals surface area contributed by atoms with Crippen molar-refractivity contribution in [2.75, 3.05) is 27.1 Å². The highest BCUT2D eigenvalue weighted by atomic mass is 16.6. The number of carbonyl (C=O) groups excluding carboxylic acids is 1. The molecule has 6 nitrogen and oxygen atoms in total. The van der Waals surface area contributed by atoms with Crippen LogP contribution >= 0.6 is 0 Å². The molecule has 2 aromatic rings. The van der Waals surface area contributed by atoms with E-state index in [0.717, 1.165) is 11.3 Å². The van der Waals surface area contributed by atoms with Gasteiger partial charge in [0.15, 0.2) is 11.9 Å². The Balaban J connectivity index is 1.86. The van der Waals surface area contributed by atoms with Crippen LogP contribution in [0.1, 0.15) is 22.0 Å². The Hall–Kier alpha value is -2.73. The third-order valence-corrected chi connectivity index (χ3v) is 3.98. The summed E-state index contributed by atoms with van der Waals surface area (Å²) < 4.78 is 21.2. The quantitative estimate of drug-likeness (QED) is 0.498. The van der Waals surface area contributed by atoms with E-state index in [2.05, 4.69) is 0 Å². The maximum absolute atomic E-state index is 12.8. The first-order valence-electron chi connectivity index (χ1n) is 7.44. The van der Waals surface area contributed by atoms with Crippen LogP contribution < -0.4 is 19.9 Å². The molecule has 1 aliphatic heterocycles. The van der Waals surface area contributed by atoms with Crippen LogP contribution in [0, 0.1) is 0 Å². The van der Waals surface area contributed by atoms with Gasteiger partial charge in [0, 0.05) is 17.8 Å². The molecule has 0 bridgehead atoms. The van der Waals surface area contributed by atoms with E-state index in [1.165, 1.54) is 14.2 Å². The van der Waals surface area contributed by atoms with Crippen molar-refractivity contribution < 1.29 is 23.7 Å². The van der Waals surface area contributed by atoms with Gasteiger partial charge in [0.25, 0.3) is 0 Å². The van der Waals surface area contributed by atoms with Crippen molar-refractivity contribution in [3.63, 3.8) is 0 Å². The van der Waals surface area contributed by atoms with Gasteiger partial charge in [0.1, 0.15) is 23.4 Å². The molecule has 0 unspecified atom stereocenters. The molecular formula is C18H19NO5. The van der Waals surface area contributed by atoms with Gasteiger partial charge in [0.05, 0.1) is 26.9 Å². The molecule has 0 aliphatic carbocycles. The summed E-state index contributed by atoms with van der Waals surface area (Å²) in [5.41, 5.74) is 7.52. The van der Waals surface area contributed by atoms with Gasteiger partial charge in [-0.05, 0) is 17.7 Å². The summed E-state index contributed by atoms with van der Waals surface area (Å²) in [6.45, 7) is 0. The predicted octanol–water partition coefficient (Wildman–Crippen LogP) is 2.62. The molecule has 6 heteroatoms. The lowest BCUT2D eigenvalue weighted by atomic mass is 10.00. The number of nitrogen functional groups attached to an aromatic ring is 1. The van der Waals surface area contributed by atoms with Crippen molar-refractivity contribution in [2.45, 2.75) is 12.2 Å². The summed E-state index contributed by atoms with van der Waals surface area (Å²) in [7, 11) is 4.61. The molecule has 2 N–H and O–H groups in total. The first kappa shape index (κ1) is 16.1. The molecule has 0 radical (unpaired) electrons. The van der Waals surface area contributed by atoms with Crippen LogP contribution in [0.5, 0.6) is 17.2 Å². The number of nitrogens with two attached hydrogens (primary N) is 1. The fourth-order valence-corrected chi connectivity index (χ4v) is 2.68. The number of ether oxygens (including phenoxy) is 4. The average Bonchev–Trinajstić information content (AvgIpc) is 3.41. The fourth-order valence-electron chi connectivity index (χ4n) is 2.68. The molecule has 0 spiro atoms. The second kappa shape index (κ2) is 6.41.